The summed E-state index contributed by atoms with van der Waals surface area (Å²) in [5.74, 6) is -0.737. The third-order valence-corrected chi connectivity index (χ3v) is 3.77. The second kappa shape index (κ2) is 8.59. The molecule has 0 aromatic heterocycles. The van der Waals surface area contributed by atoms with E-state index in [-0.39, 0.29) is 30.2 Å². The SMILES string of the molecule is CC(NC(=O)CNC(=O)CN1CCNCC1)c1ccc(F)cc1. The third kappa shape index (κ3) is 5.96. The number of carbonyl (C=O) groups excluding carboxylic acids is 2. The number of piperazine rings is 1. The Bertz CT molecular complexity index is 529. The van der Waals surface area contributed by atoms with Crippen molar-refractivity contribution in [2.75, 3.05) is 39.3 Å². The minimum atomic E-state index is -0.313. The molecular weight excluding hydrogens is 299 g/mol. The average molecular weight is 322 g/mol. The predicted molar refractivity (Wildman–Crippen MR) is 85.3 cm³/mol. The van der Waals surface area contributed by atoms with Crippen LogP contribution in [0.15, 0.2) is 24.3 Å². The third-order valence-electron chi connectivity index (χ3n) is 3.77. The molecule has 0 saturated carbocycles. The molecule has 1 atom stereocenters. The summed E-state index contributed by atoms with van der Waals surface area (Å²) < 4.78 is 12.9. The molecule has 23 heavy (non-hydrogen) atoms. The van der Waals surface area contributed by atoms with Crippen LogP contribution in [-0.2, 0) is 9.59 Å². The number of nitrogens with zero attached hydrogens (tertiary/aromatic N) is 1. The first-order valence-electron chi connectivity index (χ1n) is 7.79. The lowest BCUT2D eigenvalue weighted by Crippen LogP contribution is -2.48. The fraction of sp³-hybridized carbons (Fsp3) is 0.500. The van der Waals surface area contributed by atoms with Gasteiger partial charge >= 0.3 is 0 Å². The average Bonchev–Trinajstić information content (AvgIpc) is 2.54. The van der Waals surface area contributed by atoms with Crippen LogP contribution in [0.3, 0.4) is 0 Å². The molecule has 0 bridgehead atoms. The molecule has 2 amide bonds. The maximum atomic E-state index is 12.9. The number of hydrogen-bond acceptors (Lipinski definition) is 4. The monoisotopic (exact) mass is 322 g/mol. The molecule has 3 N–H and O–H groups in total. The van der Waals surface area contributed by atoms with E-state index in [1.54, 1.807) is 12.1 Å². The summed E-state index contributed by atoms with van der Waals surface area (Å²) in [6.45, 7) is 5.49. The molecule has 1 unspecified atom stereocenters. The molecule has 0 radical (unpaired) electrons. The second-order valence-corrected chi connectivity index (χ2v) is 5.64. The highest BCUT2D eigenvalue weighted by Crippen LogP contribution is 2.12. The smallest absolute Gasteiger partial charge is 0.239 e. The van der Waals surface area contributed by atoms with E-state index >= 15 is 0 Å². The minimum Gasteiger partial charge on any atom is -0.348 e. The predicted octanol–water partition coefficient (Wildman–Crippen LogP) is 0.0243. The summed E-state index contributed by atoms with van der Waals surface area (Å²) in [7, 11) is 0. The zero-order valence-corrected chi connectivity index (χ0v) is 13.3. The molecule has 1 aromatic carbocycles. The van der Waals surface area contributed by atoms with Gasteiger partial charge < -0.3 is 16.0 Å². The van der Waals surface area contributed by atoms with Gasteiger partial charge in [-0.1, -0.05) is 12.1 Å². The van der Waals surface area contributed by atoms with Gasteiger partial charge in [0.05, 0.1) is 19.1 Å². The molecule has 7 heteroatoms. The van der Waals surface area contributed by atoms with Gasteiger partial charge in [0.15, 0.2) is 0 Å². The van der Waals surface area contributed by atoms with Crippen LogP contribution in [0.5, 0.6) is 0 Å². The summed E-state index contributed by atoms with van der Waals surface area (Å²) >= 11 is 0. The van der Waals surface area contributed by atoms with E-state index in [9.17, 15) is 14.0 Å². The van der Waals surface area contributed by atoms with Gasteiger partial charge in [-0.3, -0.25) is 14.5 Å². The van der Waals surface area contributed by atoms with E-state index in [1.165, 1.54) is 12.1 Å². The van der Waals surface area contributed by atoms with E-state index in [1.807, 2.05) is 11.8 Å². The molecule has 1 aromatic rings. The van der Waals surface area contributed by atoms with Crippen molar-refractivity contribution in [1.29, 1.82) is 0 Å². The number of benzene rings is 1. The standard InChI is InChI=1S/C16H23FN4O2/c1-12(13-2-4-14(17)5-3-13)20-15(22)10-19-16(23)11-21-8-6-18-7-9-21/h2-5,12,18H,6-11H2,1H3,(H,19,23)(H,20,22). The highest BCUT2D eigenvalue weighted by atomic mass is 19.1. The van der Waals surface area contributed by atoms with Gasteiger partial charge in [-0.25, -0.2) is 4.39 Å². The van der Waals surface area contributed by atoms with Gasteiger partial charge in [-0.05, 0) is 24.6 Å². The molecule has 2 rings (SSSR count). The topological polar surface area (TPSA) is 73.5 Å². The maximum Gasteiger partial charge on any atom is 0.239 e. The highest BCUT2D eigenvalue weighted by molar-refractivity contribution is 5.85. The Morgan fingerprint density at radius 3 is 2.52 bits per heavy atom. The van der Waals surface area contributed by atoms with Crippen molar-refractivity contribution in [2.24, 2.45) is 0 Å². The quantitative estimate of drug-likeness (QED) is 0.691. The lowest BCUT2D eigenvalue weighted by Gasteiger charge is -2.26. The number of carbonyl (C=O) groups is 2. The van der Waals surface area contributed by atoms with Gasteiger partial charge in [-0.15, -0.1) is 0 Å². The normalized spacial score (nSPS) is 16.6. The zero-order valence-electron chi connectivity index (χ0n) is 13.3. The lowest BCUT2D eigenvalue weighted by atomic mass is 10.1. The van der Waals surface area contributed by atoms with E-state index < -0.39 is 0 Å². The molecule has 0 spiro atoms. The Morgan fingerprint density at radius 2 is 1.87 bits per heavy atom. The summed E-state index contributed by atoms with van der Waals surface area (Å²) in [5.41, 5.74) is 0.812. The van der Waals surface area contributed by atoms with Crippen LogP contribution in [-0.4, -0.2) is 56.0 Å². The van der Waals surface area contributed by atoms with Gasteiger partial charge in [0.25, 0.3) is 0 Å². The van der Waals surface area contributed by atoms with Gasteiger partial charge in [0.1, 0.15) is 5.82 Å². The maximum absolute atomic E-state index is 12.9. The van der Waals surface area contributed by atoms with Crippen LogP contribution in [0.4, 0.5) is 4.39 Å². The summed E-state index contributed by atoms with van der Waals surface area (Å²) in [6.07, 6.45) is 0. The van der Waals surface area contributed by atoms with Crippen molar-refractivity contribution in [3.63, 3.8) is 0 Å². The molecule has 1 heterocycles. The summed E-state index contributed by atoms with van der Waals surface area (Å²) in [5, 5.41) is 8.62. The largest absolute Gasteiger partial charge is 0.348 e. The molecule has 6 nitrogen and oxygen atoms in total. The van der Waals surface area contributed by atoms with Crippen LogP contribution in [0.2, 0.25) is 0 Å². The number of halogens is 1. The minimum absolute atomic E-state index is 0.0591. The van der Waals surface area contributed by atoms with E-state index in [0.29, 0.717) is 6.54 Å². The Kier molecular flexibility index (Phi) is 6.49. The fourth-order valence-corrected chi connectivity index (χ4v) is 2.43. The van der Waals surface area contributed by atoms with Crippen LogP contribution in [0.1, 0.15) is 18.5 Å². The lowest BCUT2D eigenvalue weighted by molar-refractivity contribution is -0.127. The van der Waals surface area contributed by atoms with Crippen molar-refractivity contribution >= 4 is 11.8 Å². The first kappa shape index (κ1) is 17.4. The first-order valence-corrected chi connectivity index (χ1v) is 7.79. The van der Waals surface area contributed by atoms with Crippen molar-refractivity contribution in [3.05, 3.63) is 35.6 Å². The fourth-order valence-electron chi connectivity index (χ4n) is 2.43. The molecule has 1 saturated heterocycles. The van der Waals surface area contributed by atoms with Gasteiger partial charge in [-0.2, -0.15) is 0 Å². The van der Waals surface area contributed by atoms with Gasteiger partial charge in [0, 0.05) is 26.2 Å². The van der Waals surface area contributed by atoms with Crippen LogP contribution in [0, 0.1) is 5.82 Å². The molecule has 1 aliphatic heterocycles. The van der Waals surface area contributed by atoms with E-state index in [4.69, 9.17) is 0 Å². The highest BCUT2D eigenvalue weighted by Gasteiger charge is 2.15. The summed E-state index contributed by atoms with van der Waals surface area (Å²) in [6, 6.07) is 5.72. The van der Waals surface area contributed by atoms with Crippen molar-refractivity contribution in [1.82, 2.24) is 20.9 Å². The van der Waals surface area contributed by atoms with Crippen LogP contribution < -0.4 is 16.0 Å². The van der Waals surface area contributed by atoms with Crippen molar-refractivity contribution in [3.8, 4) is 0 Å². The molecule has 0 aliphatic carbocycles. The number of amides is 2. The Hall–Kier alpha value is -1.99. The Labute approximate surface area is 135 Å². The number of rotatable bonds is 6. The Balaban J connectivity index is 1.69. The molecule has 1 fully saturated rings. The van der Waals surface area contributed by atoms with Crippen LogP contribution in [0.25, 0.3) is 0 Å². The van der Waals surface area contributed by atoms with Crippen LogP contribution >= 0.6 is 0 Å². The summed E-state index contributed by atoms with van der Waals surface area (Å²) in [4.78, 5) is 25.7. The second-order valence-electron chi connectivity index (χ2n) is 5.64. The van der Waals surface area contributed by atoms with Gasteiger partial charge in [0.2, 0.25) is 11.8 Å². The molecule has 1 aliphatic rings. The number of hydrogen-bond donors (Lipinski definition) is 3. The van der Waals surface area contributed by atoms with Crippen molar-refractivity contribution < 1.29 is 14.0 Å². The van der Waals surface area contributed by atoms with Crippen molar-refractivity contribution in [2.45, 2.75) is 13.0 Å². The molecular formula is C16H23FN4O2. The zero-order chi connectivity index (χ0) is 16.7. The first-order chi connectivity index (χ1) is 11.0. The Morgan fingerprint density at radius 1 is 1.22 bits per heavy atom. The molecule has 126 valence electrons. The number of nitrogens with one attached hydrogen (secondary N) is 3. The van der Waals surface area contributed by atoms with E-state index in [0.717, 1.165) is 31.7 Å². The van der Waals surface area contributed by atoms with E-state index in [2.05, 4.69) is 16.0 Å².